The summed E-state index contributed by atoms with van der Waals surface area (Å²) in [5.41, 5.74) is 0.574. The molecular weight excluding hydrogens is 283 g/mol. The van der Waals surface area contributed by atoms with Gasteiger partial charge in [0.05, 0.1) is 0 Å². The largest absolute Gasteiger partial charge is 0.321 e. The first-order valence-electron chi connectivity index (χ1n) is 5.72. The summed E-state index contributed by atoms with van der Waals surface area (Å²) in [5, 5.41) is 2.51. The van der Waals surface area contributed by atoms with Gasteiger partial charge in [0.25, 0.3) is 5.91 Å². The third kappa shape index (κ3) is 3.19. The Morgan fingerprint density at radius 1 is 1.15 bits per heavy atom. The van der Waals surface area contributed by atoms with Crippen LogP contribution in [0.15, 0.2) is 36.4 Å². The molecule has 0 saturated carbocycles. The number of ketones is 1. The third-order valence-electron chi connectivity index (χ3n) is 2.58. The SMILES string of the molecule is CC(=O)c1ccc(NC(=O)c2nc(Cl)ccc2F)cc1. The molecule has 0 radical (unpaired) electrons. The minimum atomic E-state index is -0.757. The van der Waals surface area contributed by atoms with Crippen LogP contribution in [-0.4, -0.2) is 16.7 Å². The van der Waals surface area contributed by atoms with Crippen LogP contribution in [0.1, 0.15) is 27.8 Å². The Kier molecular flexibility index (Phi) is 4.10. The lowest BCUT2D eigenvalue weighted by Gasteiger charge is -2.06. The van der Waals surface area contributed by atoms with Crippen molar-refractivity contribution in [3.8, 4) is 0 Å². The highest BCUT2D eigenvalue weighted by Gasteiger charge is 2.14. The number of hydrogen-bond acceptors (Lipinski definition) is 3. The number of carbonyl (C=O) groups is 2. The standard InChI is InChI=1S/C14H10ClFN2O2/c1-8(19)9-2-4-10(5-3-9)17-14(20)13-11(16)6-7-12(15)18-13/h2-7H,1H3,(H,17,20). The van der Waals surface area contributed by atoms with Crippen LogP contribution in [0.3, 0.4) is 0 Å². The van der Waals surface area contributed by atoms with Gasteiger partial charge in [0.2, 0.25) is 0 Å². The fourth-order valence-electron chi connectivity index (χ4n) is 1.56. The van der Waals surface area contributed by atoms with Crippen molar-refractivity contribution in [1.82, 2.24) is 4.98 Å². The Morgan fingerprint density at radius 3 is 2.40 bits per heavy atom. The van der Waals surface area contributed by atoms with Gasteiger partial charge in [0.1, 0.15) is 5.15 Å². The van der Waals surface area contributed by atoms with Crippen molar-refractivity contribution >= 4 is 29.0 Å². The van der Waals surface area contributed by atoms with E-state index < -0.39 is 11.7 Å². The van der Waals surface area contributed by atoms with Crippen LogP contribution >= 0.6 is 11.6 Å². The maximum Gasteiger partial charge on any atom is 0.277 e. The number of anilines is 1. The number of aromatic nitrogens is 1. The topological polar surface area (TPSA) is 59.1 Å². The van der Waals surface area contributed by atoms with Gasteiger partial charge in [0, 0.05) is 11.3 Å². The number of nitrogens with zero attached hydrogens (tertiary/aromatic N) is 1. The number of hydrogen-bond donors (Lipinski definition) is 1. The number of Topliss-reactive ketones (excluding diaryl/α,β-unsaturated/α-hetero) is 1. The van der Waals surface area contributed by atoms with Gasteiger partial charge in [-0.05, 0) is 43.3 Å². The monoisotopic (exact) mass is 292 g/mol. The van der Waals surface area contributed by atoms with E-state index in [4.69, 9.17) is 11.6 Å². The summed E-state index contributed by atoms with van der Waals surface area (Å²) < 4.78 is 13.5. The third-order valence-corrected chi connectivity index (χ3v) is 2.79. The average Bonchev–Trinajstić information content (AvgIpc) is 2.42. The lowest BCUT2D eigenvalue weighted by molar-refractivity contribution is 0.101. The summed E-state index contributed by atoms with van der Waals surface area (Å²) in [7, 11) is 0. The van der Waals surface area contributed by atoms with E-state index in [1.165, 1.54) is 13.0 Å². The van der Waals surface area contributed by atoms with Gasteiger partial charge in [0.15, 0.2) is 17.3 Å². The van der Waals surface area contributed by atoms with Crippen molar-refractivity contribution in [1.29, 1.82) is 0 Å². The van der Waals surface area contributed by atoms with Crippen LogP contribution in [0.5, 0.6) is 0 Å². The van der Waals surface area contributed by atoms with Gasteiger partial charge in [-0.15, -0.1) is 0 Å². The van der Waals surface area contributed by atoms with Crippen molar-refractivity contribution in [3.63, 3.8) is 0 Å². The predicted molar refractivity (Wildman–Crippen MR) is 73.6 cm³/mol. The highest BCUT2D eigenvalue weighted by molar-refractivity contribution is 6.29. The van der Waals surface area contributed by atoms with Crippen LogP contribution in [0, 0.1) is 5.82 Å². The minimum absolute atomic E-state index is 0.0310. The van der Waals surface area contributed by atoms with E-state index in [1.807, 2.05) is 0 Å². The van der Waals surface area contributed by atoms with Gasteiger partial charge < -0.3 is 5.32 Å². The van der Waals surface area contributed by atoms with Crippen LogP contribution < -0.4 is 5.32 Å². The summed E-state index contributed by atoms with van der Waals surface area (Å²) in [4.78, 5) is 26.6. The maximum atomic E-state index is 13.5. The van der Waals surface area contributed by atoms with Gasteiger partial charge in [-0.25, -0.2) is 9.37 Å². The Labute approximate surface area is 119 Å². The number of benzene rings is 1. The second kappa shape index (κ2) is 5.79. The summed E-state index contributed by atoms with van der Waals surface area (Å²) in [6.07, 6.45) is 0. The number of pyridine rings is 1. The summed E-state index contributed by atoms with van der Waals surface area (Å²) in [5.74, 6) is -1.54. The van der Waals surface area contributed by atoms with Crippen LogP contribution in [-0.2, 0) is 0 Å². The van der Waals surface area contributed by atoms with E-state index in [1.54, 1.807) is 24.3 Å². The number of carbonyl (C=O) groups excluding carboxylic acids is 2. The van der Waals surface area contributed by atoms with Crippen molar-refractivity contribution in [2.45, 2.75) is 6.92 Å². The van der Waals surface area contributed by atoms with Crippen LogP contribution in [0.2, 0.25) is 5.15 Å². The summed E-state index contributed by atoms with van der Waals surface area (Å²) in [6, 6.07) is 8.58. The lowest BCUT2D eigenvalue weighted by atomic mass is 10.1. The Hall–Kier alpha value is -2.27. The van der Waals surface area contributed by atoms with Gasteiger partial charge in [-0.2, -0.15) is 0 Å². The molecule has 0 saturated heterocycles. The molecule has 0 fully saturated rings. The summed E-state index contributed by atoms with van der Waals surface area (Å²) in [6.45, 7) is 1.44. The minimum Gasteiger partial charge on any atom is -0.321 e. The highest BCUT2D eigenvalue weighted by atomic mass is 35.5. The van der Waals surface area contributed by atoms with Crippen molar-refractivity contribution in [3.05, 3.63) is 58.6 Å². The molecule has 102 valence electrons. The summed E-state index contributed by atoms with van der Waals surface area (Å²) >= 11 is 5.62. The van der Waals surface area contributed by atoms with Crippen molar-refractivity contribution in [2.24, 2.45) is 0 Å². The molecule has 0 aliphatic rings. The molecule has 1 aromatic heterocycles. The molecular formula is C14H10ClFN2O2. The second-order valence-electron chi connectivity index (χ2n) is 4.05. The zero-order chi connectivity index (χ0) is 14.7. The zero-order valence-corrected chi connectivity index (χ0v) is 11.2. The van der Waals surface area contributed by atoms with E-state index in [9.17, 15) is 14.0 Å². The second-order valence-corrected chi connectivity index (χ2v) is 4.44. The molecule has 4 nitrogen and oxygen atoms in total. The van der Waals surface area contributed by atoms with E-state index in [0.717, 1.165) is 6.07 Å². The number of rotatable bonds is 3. The molecule has 0 spiro atoms. The zero-order valence-electron chi connectivity index (χ0n) is 10.5. The molecule has 20 heavy (non-hydrogen) atoms. The molecule has 1 N–H and O–H groups in total. The van der Waals surface area contributed by atoms with Crippen molar-refractivity contribution in [2.75, 3.05) is 5.32 Å². The fraction of sp³-hybridized carbons (Fsp3) is 0.0714. The highest BCUT2D eigenvalue weighted by Crippen LogP contribution is 2.14. The molecule has 0 unspecified atom stereocenters. The Morgan fingerprint density at radius 2 is 1.80 bits per heavy atom. The van der Waals surface area contributed by atoms with Gasteiger partial charge in [-0.3, -0.25) is 9.59 Å². The molecule has 2 aromatic rings. The number of halogens is 2. The first-order chi connectivity index (χ1) is 9.47. The quantitative estimate of drug-likeness (QED) is 0.697. The Bertz CT molecular complexity index is 671. The first kappa shape index (κ1) is 14.1. The van der Waals surface area contributed by atoms with E-state index in [0.29, 0.717) is 11.3 Å². The molecule has 1 heterocycles. The number of amides is 1. The smallest absolute Gasteiger partial charge is 0.277 e. The van der Waals surface area contributed by atoms with Crippen molar-refractivity contribution < 1.29 is 14.0 Å². The Balaban J connectivity index is 2.19. The van der Waals surface area contributed by atoms with E-state index in [-0.39, 0.29) is 16.6 Å². The molecule has 6 heteroatoms. The van der Waals surface area contributed by atoms with Crippen LogP contribution in [0.4, 0.5) is 10.1 Å². The van der Waals surface area contributed by atoms with E-state index >= 15 is 0 Å². The lowest BCUT2D eigenvalue weighted by Crippen LogP contribution is -2.15. The number of nitrogens with one attached hydrogen (secondary N) is 1. The van der Waals surface area contributed by atoms with Gasteiger partial charge in [-0.1, -0.05) is 11.6 Å². The van der Waals surface area contributed by atoms with E-state index in [2.05, 4.69) is 10.3 Å². The predicted octanol–water partition coefficient (Wildman–Crippen LogP) is 3.33. The molecule has 1 aromatic carbocycles. The molecule has 1 amide bonds. The normalized spacial score (nSPS) is 10.2. The molecule has 0 bridgehead atoms. The molecule has 0 aliphatic carbocycles. The fourth-order valence-corrected chi connectivity index (χ4v) is 1.70. The maximum absolute atomic E-state index is 13.5. The first-order valence-corrected chi connectivity index (χ1v) is 6.09. The van der Waals surface area contributed by atoms with Gasteiger partial charge >= 0.3 is 0 Å². The molecule has 2 rings (SSSR count). The average molecular weight is 293 g/mol. The van der Waals surface area contributed by atoms with Crippen LogP contribution in [0.25, 0.3) is 0 Å². The molecule has 0 aliphatic heterocycles. The molecule has 0 atom stereocenters.